The van der Waals surface area contributed by atoms with E-state index < -0.39 is 18.7 Å². The highest BCUT2D eigenvalue weighted by Gasteiger charge is 2.33. The lowest BCUT2D eigenvalue weighted by Crippen LogP contribution is -2.14. The molecule has 24 heavy (non-hydrogen) atoms. The molecule has 0 aliphatic carbocycles. The third kappa shape index (κ3) is 5.01. The summed E-state index contributed by atoms with van der Waals surface area (Å²) in [5, 5.41) is 10.5. The molecular formula is C17H21F3N2OS. The van der Waals surface area contributed by atoms with Crippen LogP contribution in [0.2, 0.25) is 0 Å². The van der Waals surface area contributed by atoms with Gasteiger partial charge in [0.2, 0.25) is 0 Å². The van der Waals surface area contributed by atoms with Gasteiger partial charge in [0, 0.05) is 4.90 Å². The van der Waals surface area contributed by atoms with Gasteiger partial charge in [-0.05, 0) is 43.0 Å². The minimum absolute atomic E-state index is 0.0292. The summed E-state index contributed by atoms with van der Waals surface area (Å²) in [6, 6.07) is 6.07. The van der Waals surface area contributed by atoms with Crippen LogP contribution >= 0.6 is 11.8 Å². The summed E-state index contributed by atoms with van der Waals surface area (Å²) < 4.78 is 37.5. The number of hydrogen-bond donors (Lipinski definition) is 2. The molecule has 0 radical (unpaired) electrons. The number of aliphatic hydroxyl groups is 1. The Morgan fingerprint density at radius 3 is 2.25 bits per heavy atom. The lowest BCUT2D eigenvalue weighted by Gasteiger charge is -2.10. The molecule has 1 heterocycles. The molecule has 1 atom stereocenters. The summed E-state index contributed by atoms with van der Waals surface area (Å²) in [6.45, 7) is 7.82. The van der Waals surface area contributed by atoms with Gasteiger partial charge in [0.1, 0.15) is 17.0 Å². The van der Waals surface area contributed by atoms with E-state index in [1.54, 1.807) is 0 Å². The van der Waals surface area contributed by atoms with Crippen molar-refractivity contribution < 1.29 is 18.3 Å². The largest absolute Gasteiger partial charge is 0.392 e. The first kappa shape index (κ1) is 18.9. The smallest absolute Gasteiger partial charge is 0.385 e. The molecule has 7 heteroatoms. The predicted molar refractivity (Wildman–Crippen MR) is 88.3 cm³/mol. The first-order valence-corrected chi connectivity index (χ1v) is 8.47. The van der Waals surface area contributed by atoms with Crippen molar-refractivity contribution in [2.75, 3.05) is 0 Å². The lowest BCUT2D eigenvalue weighted by atomic mass is 10.1. The van der Waals surface area contributed by atoms with Crippen molar-refractivity contribution in [3.63, 3.8) is 0 Å². The van der Waals surface area contributed by atoms with E-state index in [0.717, 1.165) is 16.0 Å². The zero-order valence-electron chi connectivity index (χ0n) is 14.0. The SMILES string of the molecule is Cc1cc(C)cc(Sc2[nH]c(C(O)CC(F)(F)F)nc2C(C)C)c1. The number of rotatable bonds is 5. The van der Waals surface area contributed by atoms with Crippen LogP contribution in [0.5, 0.6) is 0 Å². The van der Waals surface area contributed by atoms with Crippen molar-refractivity contribution in [3.8, 4) is 0 Å². The second-order valence-corrected chi connectivity index (χ2v) is 7.34. The summed E-state index contributed by atoms with van der Waals surface area (Å²) >= 11 is 1.42. The molecule has 1 aromatic heterocycles. The first-order valence-electron chi connectivity index (χ1n) is 7.66. The number of nitrogens with one attached hydrogen (secondary N) is 1. The Bertz CT molecular complexity index is 690. The van der Waals surface area contributed by atoms with Crippen LogP contribution in [0, 0.1) is 13.8 Å². The second kappa shape index (κ2) is 7.19. The Morgan fingerprint density at radius 1 is 1.17 bits per heavy atom. The van der Waals surface area contributed by atoms with E-state index in [1.807, 2.05) is 39.8 Å². The van der Waals surface area contributed by atoms with E-state index >= 15 is 0 Å². The third-order valence-electron chi connectivity index (χ3n) is 3.42. The Morgan fingerprint density at radius 2 is 1.75 bits per heavy atom. The quantitative estimate of drug-likeness (QED) is 0.764. The number of benzene rings is 1. The molecule has 0 saturated heterocycles. The van der Waals surface area contributed by atoms with Crippen LogP contribution in [0.25, 0.3) is 0 Å². The maximum atomic E-state index is 12.5. The monoisotopic (exact) mass is 358 g/mol. The van der Waals surface area contributed by atoms with Gasteiger partial charge < -0.3 is 10.1 Å². The maximum Gasteiger partial charge on any atom is 0.392 e. The van der Waals surface area contributed by atoms with Gasteiger partial charge in [-0.1, -0.05) is 31.7 Å². The molecule has 2 rings (SSSR count). The number of aliphatic hydroxyl groups excluding tert-OH is 1. The van der Waals surface area contributed by atoms with Crippen LogP contribution in [0.4, 0.5) is 13.2 Å². The fourth-order valence-electron chi connectivity index (χ4n) is 2.44. The number of halogens is 3. The maximum absolute atomic E-state index is 12.5. The van der Waals surface area contributed by atoms with Crippen LogP contribution in [-0.2, 0) is 0 Å². The van der Waals surface area contributed by atoms with Gasteiger partial charge in [-0.3, -0.25) is 0 Å². The molecule has 0 spiro atoms. The summed E-state index contributed by atoms with van der Waals surface area (Å²) in [4.78, 5) is 8.06. The molecule has 0 aliphatic rings. The third-order valence-corrected chi connectivity index (χ3v) is 4.40. The summed E-state index contributed by atoms with van der Waals surface area (Å²) in [6.07, 6.45) is -7.44. The minimum atomic E-state index is -4.44. The van der Waals surface area contributed by atoms with Crippen molar-refractivity contribution in [1.29, 1.82) is 0 Å². The summed E-state index contributed by atoms with van der Waals surface area (Å²) in [7, 11) is 0. The van der Waals surface area contributed by atoms with Gasteiger partial charge in [0.25, 0.3) is 0 Å². The molecule has 0 bridgehead atoms. The Balaban J connectivity index is 2.31. The van der Waals surface area contributed by atoms with Crippen LogP contribution in [0.1, 0.15) is 54.9 Å². The number of aromatic nitrogens is 2. The standard InChI is InChI=1S/C17H21F3N2OS/c1-9(2)14-16(24-12-6-10(3)5-11(4)7-12)22-15(21-14)13(23)8-17(18,19)20/h5-7,9,13,23H,8H2,1-4H3,(H,21,22). The molecule has 1 aromatic carbocycles. The molecule has 3 nitrogen and oxygen atoms in total. The Kier molecular flexibility index (Phi) is 5.65. The molecule has 0 saturated carbocycles. The highest BCUT2D eigenvalue weighted by atomic mass is 32.2. The average Bonchev–Trinajstić information content (AvgIpc) is 2.79. The molecule has 0 aliphatic heterocycles. The molecule has 0 fully saturated rings. The second-order valence-electron chi connectivity index (χ2n) is 6.25. The normalized spacial score (nSPS) is 13.5. The summed E-state index contributed by atoms with van der Waals surface area (Å²) in [5.41, 5.74) is 2.89. The fraction of sp³-hybridized carbons (Fsp3) is 0.471. The topological polar surface area (TPSA) is 48.9 Å². The van der Waals surface area contributed by atoms with Crippen LogP contribution in [-0.4, -0.2) is 21.3 Å². The Labute approximate surface area is 143 Å². The van der Waals surface area contributed by atoms with Gasteiger partial charge in [-0.2, -0.15) is 13.2 Å². The van der Waals surface area contributed by atoms with E-state index in [-0.39, 0.29) is 11.7 Å². The Hall–Kier alpha value is -1.47. The van der Waals surface area contributed by atoms with E-state index in [4.69, 9.17) is 0 Å². The number of hydrogen-bond acceptors (Lipinski definition) is 3. The number of alkyl halides is 3. The van der Waals surface area contributed by atoms with Crippen LogP contribution in [0.15, 0.2) is 28.1 Å². The van der Waals surface area contributed by atoms with E-state index in [9.17, 15) is 18.3 Å². The van der Waals surface area contributed by atoms with Gasteiger partial charge >= 0.3 is 6.18 Å². The number of aryl methyl sites for hydroxylation is 2. The van der Waals surface area contributed by atoms with Gasteiger partial charge in [-0.25, -0.2) is 4.98 Å². The highest BCUT2D eigenvalue weighted by Crippen LogP contribution is 2.36. The average molecular weight is 358 g/mol. The van der Waals surface area contributed by atoms with Crippen molar-refractivity contribution in [2.24, 2.45) is 0 Å². The summed E-state index contributed by atoms with van der Waals surface area (Å²) in [5.74, 6) is -0.00982. The van der Waals surface area contributed by atoms with Crippen LogP contribution in [0.3, 0.4) is 0 Å². The molecule has 132 valence electrons. The molecule has 0 amide bonds. The highest BCUT2D eigenvalue weighted by molar-refractivity contribution is 7.99. The predicted octanol–water partition coefficient (Wildman–Crippen LogP) is 5.29. The zero-order chi connectivity index (χ0) is 18.1. The fourth-order valence-corrected chi connectivity index (χ4v) is 3.71. The van der Waals surface area contributed by atoms with E-state index in [2.05, 4.69) is 16.0 Å². The van der Waals surface area contributed by atoms with Crippen molar-refractivity contribution in [3.05, 3.63) is 40.8 Å². The van der Waals surface area contributed by atoms with E-state index in [1.165, 1.54) is 11.8 Å². The number of imidazole rings is 1. The minimum Gasteiger partial charge on any atom is -0.385 e. The first-order chi connectivity index (χ1) is 11.0. The van der Waals surface area contributed by atoms with Gasteiger partial charge in [0.05, 0.1) is 12.1 Å². The van der Waals surface area contributed by atoms with E-state index in [0.29, 0.717) is 10.7 Å². The van der Waals surface area contributed by atoms with Crippen molar-refractivity contribution in [2.45, 2.75) is 62.2 Å². The van der Waals surface area contributed by atoms with Crippen molar-refractivity contribution in [1.82, 2.24) is 9.97 Å². The van der Waals surface area contributed by atoms with Crippen LogP contribution < -0.4 is 0 Å². The molecule has 2 aromatic rings. The molecular weight excluding hydrogens is 337 g/mol. The number of aromatic amines is 1. The number of H-pyrrole nitrogens is 1. The van der Waals surface area contributed by atoms with Gasteiger partial charge in [-0.15, -0.1) is 0 Å². The lowest BCUT2D eigenvalue weighted by molar-refractivity contribution is -0.155. The van der Waals surface area contributed by atoms with Gasteiger partial charge in [0.15, 0.2) is 0 Å². The zero-order valence-corrected chi connectivity index (χ0v) is 14.8. The number of nitrogens with zero attached hydrogens (tertiary/aromatic N) is 1. The van der Waals surface area contributed by atoms with Crippen molar-refractivity contribution >= 4 is 11.8 Å². The molecule has 2 N–H and O–H groups in total. The molecule has 1 unspecified atom stereocenters.